The van der Waals surface area contributed by atoms with Crippen LogP contribution in [0.4, 0.5) is 17.1 Å². The van der Waals surface area contributed by atoms with Gasteiger partial charge in [0.05, 0.1) is 31.7 Å². The number of nitrogens with zero attached hydrogens (tertiary/aromatic N) is 1. The first-order valence-corrected chi connectivity index (χ1v) is 12.4. The highest BCUT2D eigenvalue weighted by molar-refractivity contribution is 7.93. The van der Waals surface area contributed by atoms with Crippen LogP contribution in [0, 0.1) is 0 Å². The molecule has 1 aliphatic heterocycles. The van der Waals surface area contributed by atoms with Gasteiger partial charge in [0.25, 0.3) is 15.9 Å². The average molecular weight is 478 g/mol. The Morgan fingerprint density at radius 3 is 2.55 bits per heavy atom. The van der Waals surface area contributed by atoms with Crippen LogP contribution in [-0.2, 0) is 24.3 Å². The van der Waals surface area contributed by atoms with Gasteiger partial charge in [0.1, 0.15) is 16.7 Å². The molecule has 1 heterocycles. The number of hydrogen-bond donors (Lipinski definition) is 2. The van der Waals surface area contributed by atoms with Gasteiger partial charge in [-0.05, 0) is 43.7 Å². The SMILES string of the molecule is CCOC(CC)C(=O)Nc1ccc(N2CCOCC2)c(S(=O)(=O)Nc2ccccc2OC)c1. The number of anilines is 3. The number of benzene rings is 2. The third kappa shape index (κ3) is 6.16. The predicted octanol–water partition coefficient (Wildman–Crippen LogP) is 3.09. The summed E-state index contributed by atoms with van der Waals surface area (Å²) >= 11 is 0. The molecule has 1 saturated heterocycles. The van der Waals surface area contributed by atoms with Gasteiger partial charge in [0, 0.05) is 25.4 Å². The van der Waals surface area contributed by atoms with Gasteiger partial charge in [-0.15, -0.1) is 0 Å². The summed E-state index contributed by atoms with van der Waals surface area (Å²) in [5.41, 5.74) is 1.23. The van der Waals surface area contributed by atoms with Crippen molar-refractivity contribution in [2.75, 3.05) is 55.0 Å². The fourth-order valence-corrected chi connectivity index (χ4v) is 4.93. The predicted molar refractivity (Wildman–Crippen MR) is 128 cm³/mol. The lowest BCUT2D eigenvalue weighted by atomic mass is 10.2. The van der Waals surface area contributed by atoms with E-state index in [1.54, 1.807) is 36.4 Å². The van der Waals surface area contributed by atoms with E-state index in [1.165, 1.54) is 13.2 Å². The molecule has 2 N–H and O–H groups in total. The van der Waals surface area contributed by atoms with Gasteiger partial charge >= 0.3 is 0 Å². The van der Waals surface area contributed by atoms with Crippen LogP contribution < -0.4 is 19.7 Å². The zero-order valence-corrected chi connectivity index (χ0v) is 20.0. The molecule has 1 atom stereocenters. The van der Waals surface area contributed by atoms with Crippen LogP contribution in [0.1, 0.15) is 20.3 Å². The molecular formula is C23H31N3O6S. The van der Waals surface area contributed by atoms with Crippen LogP contribution in [0.3, 0.4) is 0 Å². The fourth-order valence-electron chi connectivity index (χ4n) is 3.60. The number of ether oxygens (including phenoxy) is 3. The van der Waals surface area contributed by atoms with Crippen molar-refractivity contribution in [3.05, 3.63) is 42.5 Å². The zero-order valence-electron chi connectivity index (χ0n) is 19.2. The molecule has 2 aromatic rings. The molecule has 1 amide bonds. The van der Waals surface area contributed by atoms with E-state index in [0.717, 1.165) is 0 Å². The molecule has 180 valence electrons. The fraction of sp³-hybridized carbons (Fsp3) is 0.435. The molecule has 33 heavy (non-hydrogen) atoms. The zero-order chi connectivity index (χ0) is 23.8. The summed E-state index contributed by atoms with van der Waals surface area (Å²) in [4.78, 5) is 14.6. The van der Waals surface area contributed by atoms with Gasteiger partial charge in [-0.1, -0.05) is 19.1 Å². The van der Waals surface area contributed by atoms with Crippen molar-refractivity contribution >= 4 is 33.0 Å². The Morgan fingerprint density at radius 1 is 1.15 bits per heavy atom. The van der Waals surface area contributed by atoms with Crippen molar-refractivity contribution in [3.63, 3.8) is 0 Å². The molecule has 0 bridgehead atoms. The van der Waals surface area contributed by atoms with Crippen LogP contribution in [0.5, 0.6) is 5.75 Å². The number of carbonyl (C=O) groups is 1. The van der Waals surface area contributed by atoms with Crippen LogP contribution in [-0.4, -0.2) is 60.4 Å². The van der Waals surface area contributed by atoms with Gasteiger partial charge in [-0.2, -0.15) is 0 Å². The molecule has 2 aromatic carbocycles. The Hall–Kier alpha value is -2.82. The molecule has 0 radical (unpaired) electrons. The van der Waals surface area contributed by atoms with E-state index in [2.05, 4.69) is 10.0 Å². The molecule has 0 spiro atoms. The summed E-state index contributed by atoms with van der Waals surface area (Å²) in [6, 6.07) is 11.7. The van der Waals surface area contributed by atoms with Crippen LogP contribution in [0.15, 0.2) is 47.4 Å². The van der Waals surface area contributed by atoms with Gasteiger partial charge in [0.15, 0.2) is 0 Å². The average Bonchev–Trinajstić information content (AvgIpc) is 2.83. The number of hydrogen-bond acceptors (Lipinski definition) is 7. The Morgan fingerprint density at radius 2 is 1.88 bits per heavy atom. The van der Waals surface area contributed by atoms with Crippen LogP contribution in [0.2, 0.25) is 0 Å². The van der Waals surface area contributed by atoms with Gasteiger partial charge in [-0.25, -0.2) is 8.42 Å². The van der Waals surface area contributed by atoms with E-state index in [-0.39, 0.29) is 10.8 Å². The second kappa shape index (κ2) is 11.4. The first-order chi connectivity index (χ1) is 15.9. The second-order valence-corrected chi connectivity index (χ2v) is 9.08. The smallest absolute Gasteiger partial charge is 0.264 e. The summed E-state index contributed by atoms with van der Waals surface area (Å²) in [6.45, 7) is 6.21. The number of para-hydroxylation sites is 2. The van der Waals surface area contributed by atoms with E-state index in [9.17, 15) is 13.2 Å². The Kier molecular flexibility index (Phi) is 8.54. The van der Waals surface area contributed by atoms with Crippen LogP contribution in [0.25, 0.3) is 0 Å². The standard InChI is InChI=1S/C23H31N3O6S/c1-4-20(32-5-2)23(27)24-17-10-11-19(26-12-14-31-15-13-26)22(16-17)33(28,29)25-18-8-6-7-9-21(18)30-3/h6-11,16,20,25H,4-5,12-15H2,1-3H3,(H,24,27). The van der Waals surface area contributed by atoms with Crippen molar-refractivity contribution in [2.45, 2.75) is 31.3 Å². The van der Waals surface area contributed by atoms with E-state index in [4.69, 9.17) is 14.2 Å². The molecule has 1 unspecified atom stereocenters. The summed E-state index contributed by atoms with van der Waals surface area (Å²) in [5.74, 6) is 0.0838. The Bertz CT molecular complexity index is 1050. The van der Waals surface area contributed by atoms with Crippen LogP contribution >= 0.6 is 0 Å². The van der Waals surface area contributed by atoms with Crippen molar-refractivity contribution < 1.29 is 27.4 Å². The maximum Gasteiger partial charge on any atom is 0.264 e. The molecule has 0 saturated carbocycles. The number of carbonyl (C=O) groups excluding carboxylic acids is 1. The van der Waals surface area contributed by atoms with Gasteiger partial charge in [-0.3, -0.25) is 9.52 Å². The first-order valence-electron chi connectivity index (χ1n) is 10.9. The first kappa shape index (κ1) is 24.8. The van der Waals surface area contributed by atoms with Gasteiger partial charge in [0.2, 0.25) is 0 Å². The maximum absolute atomic E-state index is 13.5. The summed E-state index contributed by atoms with van der Waals surface area (Å²) in [5, 5.41) is 2.78. The topological polar surface area (TPSA) is 106 Å². The number of methoxy groups -OCH3 is 1. The quantitative estimate of drug-likeness (QED) is 0.542. The number of amides is 1. The third-order valence-corrected chi connectivity index (χ3v) is 6.65. The molecule has 3 rings (SSSR count). The molecular weight excluding hydrogens is 446 g/mol. The number of morpholine rings is 1. The number of rotatable bonds is 10. The van der Waals surface area contributed by atoms with Crippen molar-refractivity contribution in [1.82, 2.24) is 0 Å². The minimum absolute atomic E-state index is 0.0533. The summed E-state index contributed by atoms with van der Waals surface area (Å²) < 4.78 is 45.8. The van der Waals surface area contributed by atoms with Crippen molar-refractivity contribution in [1.29, 1.82) is 0 Å². The Labute approximate surface area is 195 Å². The van der Waals surface area contributed by atoms with Gasteiger partial charge < -0.3 is 24.4 Å². The number of sulfonamides is 1. The molecule has 10 heteroatoms. The lowest BCUT2D eigenvalue weighted by Crippen LogP contribution is -2.37. The normalized spacial score (nSPS) is 15.1. The van der Waals surface area contributed by atoms with E-state index in [0.29, 0.717) is 62.1 Å². The Balaban J connectivity index is 1.98. The molecule has 9 nitrogen and oxygen atoms in total. The minimum Gasteiger partial charge on any atom is -0.495 e. The highest BCUT2D eigenvalue weighted by Crippen LogP contribution is 2.33. The monoisotopic (exact) mass is 477 g/mol. The largest absolute Gasteiger partial charge is 0.495 e. The van der Waals surface area contributed by atoms with Crippen molar-refractivity contribution in [3.8, 4) is 5.75 Å². The molecule has 0 aliphatic carbocycles. The molecule has 1 aliphatic rings. The van der Waals surface area contributed by atoms with Crippen molar-refractivity contribution in [2.24, 2.45) is 0 Å². The van der Waals surface area contributed by atoms with E-state index < -0.39 is 16.1 Å². The highest BCUT2D eigenvalue weighted by Gasteiger charge is 2.26. The van der Waals surface area contributed by atoms with E-state index >= 15 is 0 Å². The molecule has 1 fully saturated rings. The highest BCUT2D eigenvalue weighted by atomic mass is 32.2. The lowest BCUT2D eigenvalue weighted by Gasteiger charge is -2.30. The second-order valence-electron chi connectivity index (χ2n) is 7.43. The minimum atomic E-state index is -4.02. The van der Waals surface area contributed by atoms with E-state index in [1.807, 2.05) is 18.7 Å². The summed E-state index contributed by atoms with van der Waals surface area (Å²) in [7, 11) is -2.54. The molecule has 0 aromatic heterocycles. The lowest BCUT2D eigenvalue weighted by molar-refractivity contribution is -0.127. The third-order valence-electron chi connectivity index (χ3n) is 5.25. The maximum atomic E-state index is 13.5. The summed E-state index contributed by atoms with van der Waals surface area (Å²) in [6.07, 6.45) is -0.104. The number of nitrogens with one attached hydrogen (secondary N) is 2.